The average Bonchev–Trinajstić information content (AvgIpc) is 2.44. The van der Waals surface area contributed by atoms with Gasteiger partial charge in [0.1, 0.15) is 6.29 Å². The number of carbonyl (C=O) groups is 1. The Bertz CT molecular complexity index is 469. The van der Waals surface area contributed by atoms with E-state index in [4.69, 9.17) is 4.79 Å². The summed E-state index contributed by atoms with van der Waals surface area (Å²) in [5.41, 5.74) is 5.26. The topological polar surface area (TPSA) is 17.1 Å². The van der Waals surface area contributed by atoms with Crippen LogP contribution >= 0.6 is 0 Å². The zero-order valence-corrected chi connectivity index (χ0v) is 12.6. The molecule has 0 heterocycles. The van der Waals surface area contributed by atoms with Gasteiger partial charge in [0.05, 0.1) is 0 Å². The molecule has 0 fully saturated rings. The lowest BCUT2D eigenvalue weighted by atomic mass is 10.00. The number of hydrogen-bond acceptors (Lipinski definition) is 1. The Morgan fingerprint density at radius 3 is 1.79 bits per heavy atom. The molecule has 2 rings (SSSR count). The first-order valence-electron chi connectivity index (χ1n) is 6.71. The van der Waals surface area contributed by atoms with Crippen molar-refractivity contribution in [2.45, 2.75) is 34.6 Å². The molecule has 1 nitrogen and oxygen atoms in total. The molecule has 0 amide bonds. The normalized spacial score (nSPS) is 8.47. The van der Waals surface area contributed by atoms with Crippen molar-refractivity contribution in [2.24, 2.45) is 0 Å². The Morgan fingerprint density at radius 1 is 0.842 bits per heavy atom. The third-order valence-corrected chi connectivity index (χ3v) is 2.51. The lowest BCUT2D eigenvalue weighted by Crippen LogP contribution is -1.82. The van der Waals surface area contributed by atoms with E-state index in [1.807, 2.05) is 13.8 Å². The van der Waals surface area contributed by atoms with E-state index >= 15 is 0 Å². The molecule has 0 bridgehead atoms. The van der Waals surface area contributed by atoms with Gasteiger partial charge in [-0.1, -0.05) is 67.9 Å². The van der Waals surface area contributed by atoms with Crippen molar-refractivity contribution in [3.05, 3.63) is 59.7 Å². The van der Waals surface area contributed by atoms with Crippen LogP contribution in [0.25, 0.3) is 11.1 Å². The van der Waals surface area contributed by atoms with Crippen LogP contribution in [0.4, 0.5) is 0 Å². The van der Waals surface area contributed by atoms with Gasteiger partial charge in [-0.05, 0) is 37.5 Å². The molecular weight excluding hydrogens is 232 g/mol. The first kappa shape index (κ1) is 17.1. The standard InChI is InChI=1S/C14H14.C2H4O.C2H6/c1-11-7-9-13(10-8-11)14-6-4-3-5-12(14)2;1-2-3;1-2/h3-10H,1-2H3;2H,1H3;1-2H3. The SMILES string of the molecule is CC.CC=O.Cc1ccc(-c2ccccc2C)cc1. The van der Waals surface area contributed by atoms with Gasteiger partial charge in [-0.2, -0.15) is 0 Å². The summed E-state index contributed by atoms with van der Waals surface area (Å²) in [6.07, 6.45) is 0.750. The van der Waals surface area contributed by atoms with Crippen LogP contribution in [0.5, 0.6) is 0 Å². The third-order valence-electron chi connectivity index (χ3n) is 2.51. The van der Waals surface area contributed by atoms with Gasteiger partial charge >= 0.3 is 0 Å². The van der Waals surface area contributed by atoms with E-state index in [9.17, 15) is 0 Å². The summed E-state index contributed by atoms with van der Waals surface area (Å²) in [6, 6.07) is 17.1. The van der Waals surface area contributed by atoms with Crippen LogP contribution in [0.15, 0.2) is 48.5 Å². The molecule has 0 aromatic heterocycles. The summed E-state index contributed by atoms with van der Waals surface area (Å²) in [7, 11) is 0. The molecule has 0 aliphatic heterocycles. The minimum absolute atomic E-state index is 0.750. The highest BCUT2D eigenvalue weighted by Crippen LogP contribution is 2.22. The zero-order valence-electron chi connectivity index (χ0n) is 12.6. The van der Waals surface area contributed by atoms with Gasteiger partial charge < -0.3 is 4.79 Å². The van der Waals surface area contributed by atoms with E-state index in [1.54, 1.807) is 0 Å². The lowest BCUT2D eigenvalue weighted by Gasteiger charge is -2.05. The lowest BCUT2D eigenvalue weighted by molar-refractivity contribution is -0.106. The maximum Gasteiger partial charge on any atom is 0.116 e. The van der Waals surface area contributed by atoms with Crippen molar-refractivity contribution in [1.29, 1.82) is 0 Å². The maximum absolute atomic E-state index is 8.81. The number of hydrogen-bond donors (Lipinski definition) is 0. The van der Waals surface area contributed by atoms with Gasteiger partial charge in [0.25, 0.3) is 0 Å². The molecule has 19 heavy (non-hydrogen) atoms. The minimum Gasteiger partial charge on any atom is -0.304 e. The fourth-order valence-electron chi connectivity index (χ4n) is 1.63. The van der Waals surface area contributed by atoms with E-state index in [0.29, 0.717) is 0 Å². The Morgan fingerprint density at radius 2 is 1.32 bits per heavy atom. The molecule has 1 heteroatoms. The summed E-state index contributed by atoms with van der Waals surface area (Å²) in [5.74, 6) is 0. The average molecular weight is 256 g/mol. The van der Waals surface area contributed by atoms with Crippen LogP contribution < -0.4 is 0 Å². The smallest absolute Gasteiger partial charge is 0.116 e. The summed E-state index contributed by atoms with van der Waals surface area (Å²) < 4.78 is 0. The molecule has 0 aliphatic carbocycles. The predicted molar refractivity (Wildman–Crippen MR) is 84.4 cm³/mol. The van der Waals surface area contributed by atoms with Crippen molar-refractivity contribution >= 4 is 6.29 Å². The number of aldehydes is 1. The monoisotopic (exact) mass is 256 g/mol. The second kappa shape index (κ2) is 10.1. The van der Waals surface area contributed by atoms with Gasteiger partial charge in [-0.15, -0.1) is 0 Å². The van der Waals surface area contributed by atoms with E-state index in [0.717, 1.165) is 6.29 Å². The summed E-state index contributed by atoms with van der Waals surface area (Å²) in [4.78, 5) is 8.81. The van der Waals surface area contributed by atoms with Crippen molar-refractivity contribution in [3.8, 4) is 11.1 Å². The number of aryl methyl sites for hydroxylation is 2. The fourth-order valence-corrected chi connectivity index (χ4v) is 1.63. The Balaban J connectivity index is 0.000000573. The minimum atomic E-state index is 0.750. The van der Waals surface area contributed by atoms with Gasteiger partial charge in [-0.25, -0.2) is 0 Å². The third kappa shape index (κ3) is 6.01. The number of rotatable bonds is 1. The van der Waals surface area contributed by atoms with Crippen LogP contribution in [0.2, 0.25) is 0 Å². The highest BCUT2D eigenvalue weighted by molar-refractivity contribution is 5.67. The molecule has 2 aromatic rings. The molecule has 0 N–H and O–H groups in total. The summed E-state index contributed by atoms with van der Waals surface area (Å²) >= 11 is 0. The highest BCUT2D eigenvalue weighted by Gasteiger charge is 1.98. The highest BCUT2D eigenvalue weighted by atomic mass is 16.1. The largest absolute Gasteiger partial charge is 0.304 e. The molecule has 102 valence electrons. The van der Waals surface area contributed by atoms with Crippen LogP contribution in [-0.2, 0) is 4.79 Å². The predicted octanol–water partition coefficient (Wildman–Crippen LogP) is 5.20. The zero-order chi connectivity index (χ0) is 14.7. The first-order valence-corrected chi connectivity index (χ1v) is 6.71. The molecule has 0 spiro atoms. The van der Waals surface area contributed by atoms with Crippen molar-refractivity contribution in [2.75, 3.05) is 0 Å². The molecule has 0 unspecified atom stereocenters. The number of carbonyl (C=O) groups excluding carboxylic acids is 1. The van der Waals surface area contributed by atoms with Crippen LogP contribution in [0.1, 0.15) is 31.9 Å². The Labute approximate surface area is 117 Å². The molecular formula is C18H24O. The molecule has 2 aromatic carbocycles. The van der Waals surface area contributed by atoms with Crippen LogP contribution in [0, 0.1) is 13.8 Å². The molecule has 0 saturated heterocycles. The van der Waals surface area contributed by atoms with Gasteiger partial charge in [0.2, 0.25) is 0 Å². The second-order valence-corrected chi connectivity index (χ2v) is 3.92. The second-order valence-electron chi connectivity index (χ2n) is 3.92. The van der Waals surface area contributed by atoms with E-state index in [1.165, 1.54) is 29.2 Å². The van der Waals surface area contributed by atoms with Crippen molar-refractivity contribution < 1.29 is 4.79 Å². The first-order chi connectivity index (χ1) is 9.19. The van der Waals surface area contributed by atoms with Gasteiger partial charge in [0.15, 0.2) is 0 Å². The molecule has 0 atom stereocenters. The van der Waals surface area contributed by atoms with Crippen molar-refractivity contribution in [3.63, 3.8) is 0 Å². The van der Waals surface area contributed by atoms with Gasteiger partial charge in [-0.3, -0.25) is 0 Å². The van der Waals surface area contributed by atoms with Crippen LogP contribution in [-0.4, -0.2) is 6.29 Å². The van der Waals surface area contributed by atoms with E-state index in [2.05, 4.69) is 62.4 Å². The summed E-state index contributed by atoms with van der Waals surface area (Å²) in [5, 5.41) is 0. The Kier molecular flexibility index (Phi) is 9.07. The molecule has 0 radical (unpaired) electrons. The maximum atomic E-state index is 8.81. The van der Waals surface area contributed by atoms with Crippen molar-refractivity contribution in [1.82, 2.24) is 0 Å². The molecule has 0 saturated carbocycles. The quantitative estimate of drug-likeness (QED) is 0.641. The van der Waals surface area contributed by atoms with E-state index < -0.39 is 0 Å². The van der Waals surface area contributed by atoms with Crippen LogP contribution in [0.3, 0.4) is 0 Å². The van der Waals surface area contributed by atoms with E-state index in [-0.39, 0.29) is 0 Å². The Hall–Kier alpha value is -1.89. The molecule has 0 aliphatic rings. The van der Waals surface area contributed by atoms with Gasteiger partial charge in [0, 0.05) is 0 Å². The number of benzene rings is 2. The summed E-state index contributed by atoms with van der Waals surface area (Å²) in [6.45, 7) is 9.71. The fraction of sp³-hybridized carbons (Fsp3) is 0.278.